The average Bonchev–Trinajstić information content (AvgIpc) is 3.64. The molecule has 2 heterocycles. The summed E-state index contributed by atoms with van der Waals surface area (Å²) in [5.74, 6) is 0. The third-order valence-electron chi connectivity index (χ3n) is 7.19. The first-order chi connectivity index (χ1) is 18.0. The number of rotatable bonds is 3. The molecular formula is C30H24N4. The number of anilines is 3. The molecule has 0 unspecified atom stereocenters. The Hall–Kier alpha value is -4.31. The first-order valence-corrected chi connectivity index (χ1v) is 11.4. The van der Waals surface area contributed by atoms with Crippen LogP contribution < -0.4 is 9.80 Å². The minimum absolute atomic E-state index is 0.254. The van der Waals surface area contributed by atoms with Crippen molar-refractivity contribution < 1.29 is 4.11 Å². The fourth-order valence-corrected chi connectivity index (χ4v) is 5.80. The van der Waals surface area contributed by atoms with Gasteiger partial charge in [-0.05, 0) is 58.1 Å². The molecule has 1 aliphatic heterocycles. The Morgan fingerprint density at radius 3 is 2.21 bits per heavy atom. The molecule has 0 bridgehead atoms. The van der Waals surface area contributed by atoms with Gasteiger partial charge in [-0.1, -0.05) is 72.8 Å². The molecule has 0 atom stereocenters. The van der Waals surface area contributed by atoms with Crippen molar-refractivity contribution in [2.75, 3.05) is 23.4 Å². The maximum Gasteiger partial charge on any atom is 0.0950 e. The van der Waals surface area contributed by atoms with Crippen molar-refractivity contribution in [1.82, 2.24) is 10.2 Å². The van der Waals surface area contributed by atoms with E-state index in [9.17, 15) is 0 Å². The average molecular weight is 444 g/mol. The van der Waals surface area contributed by atoms with E-state index >= 15 is 0 Å². The van der Waals surface area contributed by atoms with Crippen LogP contribution in [0, 0.1) is 0 Å². The van der Waals surface area contributed by atoms with Crippen LogP contribution >= 0.6 is 0 Å². The van der Waals surface area contributed by atoms with E-state index in [0.717, 1.165) is 22.6 Å². The SMILES string of the molecule is [2H]C([2H])([2H])N1CN(c2cccc(C3(c4ccn[nH]4)c4ccccc4-c4ccccc43)c2)c2ccccc21. The van der Waals surface area contributed by atoms with Gasteiger partial charge in [-0.15, -0.1) is 0 Å². The van der Waals surface area contributed by atoms with Crippen LogP contribution in [-0.2, 0) is 5.41 Å². The molecule has 2 aliphatic rings. The summed E-state index contributed by atoms with van der Waals surface area (Å²) in [5, 5.41) is 7.63. The summed E-state index contributed by atoms with van der Waals surface area (Å²) in [6.07, 6.45) is 1.80. The highest BCUT2D eigenvalue weighted by Gasteiger charge is 2.47. The molecule has 164 valence electrons. The Balaban J connectivity index is 1.46. The lowest BCUT2D eigenvalue weighted by Crippen LogP contribution is -2.30. The van der Waals surface area contributed by atoms with Crippen molar-refractivity contribution in [2.24, 2.45) is 0 Å². The van der Waals surface area contributed by atoms with Gasteiger partial charge in [0, 0.05) is 23.0 Å². The first kappa shape index (κ1) is 16.3. The van der Waals surface area contributed by atoms with E-state index in [-0.39, 0.29) is 6.67 Å². The first-order valence-electron chi connectivity index (χ1n) is 12.9. The summed E-state index contributed by atoms with van der Waals surface area (Å²) in [5.41, 5.74) is 8.86. The van der Waals surface area contributed by atoms with E-state index in [0.29, 0.717) is 5.69 Å². The second-order valence-electron chi connectivity index (χ2n) is 8.85. The summed E-state index contributed by atoms with van der Waals surface area (Å²) >= 11 is 0. The zero-order valence-electron chi connectivity index (χ0n) is 21.4. The quantitative estimate of drug-likeness (QED) is 0.348. The number of nitrogens with zero attached hydrogens (tertiary/aromatic N) is 3. The highest BCUT2D eigenvalue weighted by molar-refractivity contribution is 5.87. The van der Waals surface area contributed by atoms with Gasteiger partial charge >= 0.3 is 0 Å². The van der Waals surface area contributed by atoms with Crippen LogP contribution in [0.3, 0.4) is 0 Å². The molecule has 0 saturated carbocycles. The Kier molecular flexibility index (Phi) is 3.41. The second-order valence-corrected chi connectivity index (χ2v) is 8.85. The van der Waals surface area contributed by atoms with Crippen LogP contribution in [0.15, 0.2) is 109 Å². The number of fused-ring (bicyclic) bond motifs is 4. The number of benzene rings is 4. The van der Waals surface area contributed by atoms with Gasteiger partial charge in [0.2, 0.25) is 0 Å². The van der Waals surface area contributed by atoms with Crippen LogP contribution in [0.2, 0.25) is 0 Å². The van der Waals surface area contributed by atoms with Crippen LogP contribution in [0.4, 0.5) is 17.1 Å². The molecule has 4 nitrogen and oxygen atoms in total. The van der Waals surface area contributed by atoms with Gasteiger partial charge in [0.1, 0.15) is 0 Å². The number of H-pyrrole nitrogens is 1. The van der Waals surface area contributed by atoms with Gasteiger partial charge in [0.05, 0.1) is 29.2 Å². The van der Waals surface area contributed by atoms with Crippen molar-refractivity contribution in [3.8, 4) is 11.1 Å². The van der Waals surface area contributed by atoms with Crippen molar-refractivity contribution in [1.29, 1.82) is 0 Å². The van der Waals surface area contributed by atoms with E-state index in [1.807, 2.05) is 30.3 Å². The number of hydrogen-bond donors (Lipinski definition) is 1. The monoisotopic (exact) mass is 443 g/mol. The molecule has 0 amide bonds. The largest absolute Gasteiger partial charge is 0.355 e. The molecule has 34 heavy (non-hydrogen) atoms. The molecular weight excluding hydrogens is 416 g/mol. The molecule has 7 rings (SSSR count). The van der Waals surface area contributed by atoms with Gasteiger partial charge in [-0.2, -0.15) is 5.10 Å². The Bertz CT molecular complexity index is 1580. The summed E-state index contributed by atoms with van der Waals surface area (Å²) in [4.78, 5) is 3.57. The third kappa shape index (κ3) is 2.45. The Labute approximate surface area is 203 Å². The standard InChI is InChI=1S/C30H24N4/c1-33-20-34(28-16-7-6-15-27(28)33)22-10-8-9-21(19-22)30(29-17-18-31-32-29)25-13-4-2-11-23(25)24-12-3-5-14-26(24)30/h2-19H,20H2,1H3,(H,31,32)/i1D3. The van der Waals surface area contributed by atoms with Crippen LogP contribution in [-0.4, -0.2) is 23.8 Å². The molecule has 1 N–H and O–H groups in total. The zero-order valence-corrected chi connectivity index (χ0v) is 18.4. The van der Waals surface area contributed by atoms with Crippen molar-refractivity contribution in [3.05, 3.63) is 132 Å². The summed E-state index contributed by atoms with van der Waals surface area (Å²) < 4.78 is 24.3. The summed E-state index contributed by atoms with van der Waals surface area (Å²) in [7, 11) is 0. The van der Waals surface area contributed by atoms with E-state index < -0.39 is 12.4 Å². The van der Waals surface area contributed by atoms with Crippen molar-refractivity contribution in [2.45, 2.75) is 5.41 Å². The lowest BCUT2D eigenvalue weighted by Gasteiger charge is -2.33. The summed E-state index contributed by atoms with van der Waals surface area (Å²) in [6, 6.07) is 35.3. The fraction of sp³-hybridized carbons (Fsp3) is 0.100. The molecule has 0 fully saturated rings. The minimum Gasteiger partial charge on any atom is -0.355 e. The van der Waals surface area contributed by atoms with E-state index in [4.69, 9.17) is 4.11 Å². The van der Waals surface area contributed by atoms with Gasteiger partial charge < -0.3 is 9.80 Å². The maximum atomic E-state index is 8.10. The molecule has 1 aromatic heterocycles. The normalized spacial score (nSPS) is 16.9. The predicted molar refractivity (Wildman–Crippen MR) is 138 cm³/mol. The molecule has 0 saturated heterocycles. The lowest BCUT2D eigenvalue weighted by atomic mass is 9.70. The number of hydrogen-bond acceptors (Lipinski definition) is 3. The Morgan fingerprint density at radius 1 is 0.794 bits per heavy atom. The van der Waals surface area contributed by atoms with E-state index in [2.05, 4.69) is 87.9 Å². The molecule has 4 aromatic carbocycles. The molecule has 4 heteroatoms. The molecule has 0 radical (unpaired) electrons. The summed E-state index contributed by atoms with van der Waals surface area (Å²) in [6.45, 7) is -1.98. The van der Waals surface area contributed by atoms with Crippen LogP contribution in [0.5, 0.6) is 0 Å². The van der Waals surface area contributed by atoms with Crippen molar-refractivity contribution in [3.63, 3.8) is 0 Å². The number of aromatic nitrogens is 2. The molecule has 5 aromatic rings. The highest BCUT2D eigenvalue weighted by atomic mass is 15.4. The molecule has 1 aliphatic carbocycles. The maximum absolute atomic E-state index is 8.10. The Morgan fingerprint density at radius 2 is 1.50 bits per heavy atom. The van der Waals surface area contributed by atoms with Crippen LogP contribution in [0.25, 0.3) is 11.1 Å². The van der Waals surface area contributed by atoms with Crippen LogP contribution in [0.1, 0.15) is 26.5 Å². The van der Waals surface area contributed by atoms with Gasteiger partial charge in [-0.3, -0.25) is 5.10 Å². The number of para-hydroxylation sites is 2. The van der Waals surface area contributed by atoms with Gasteiger partial charge in [-0.25, -0.2) is 0 Å². The second kappa shape index (κ2) is 7.09. The van der Waals surface area contributed by atoms with Crippen molar-refractivity contribution >= 4 is 17.1 Å². The number of aromatic amines is 1. The van der Waals surface area contributed by atoms with E-state index in [1.54, 1.807) is 6.20 Å². The third-order valence-corrected chi connectivity index (χ3v) is 7.19. The van der Waals surface area contributed by atoms with Gasteiger partial charge in [0.15, 0.2) is 0 Å². The van der Waals surface area contributed by atoms with E-state index in [1.165, 1.54) is 27.2 Å². The minimum atomic E-state index is -2.23. The smallest absolute Gasteiger partial charge is 0.0950 e. The number of nitrogens with one attached hydrogen (secondary N) is 1. The lowest BCUT2D eigenvalue weighted by molar-refractivity contribution is 0.727. The fourth-order valence-electron chi connectivity index (χ4n) is 5.80. The molecule has 0 spiro atoms. The topological polar surface area (TPSA) is 35.2 Å². The predicted octanol–water partition coefficient (Wildman–Crippen LogP) is 6.32. The van der Waals surface area contributed by atoms with Gasteiger partial charge in [0.25, 0.3) is 0 Å². The highest BCUT2D eigenvalue weighted by Crippen LogP contribution is 2.56. The zero-order chi connectivity index (χ0) is 25.2.